The molecule has 1 aliphatic rings. The zero-order valence-corrected chi connectivity index (χ0v) is 14.9. The average Bonchev–Trinajstić information content (AvgIpc) is 2.66. The lowest BCUT2D eigenvalue weighted by atomic mass is 10.1. The van der Waals surface area contributed by atoms with Crippen LogP contribution in [0.5, 0.6) is 0 Å². The first-order chi connectivity index (χ1) is 12.5. The summed E-state index contributed by atoms with van der Waals surface area (Å²) < 4.78 is 5.32. The van der Waals surface area contributed by atoms with Gasteiger partial charge in [0.1, 0.15) is 5.82 Å². The van der Waals surface area contributed by atoms with Gasteiger partial charge in [-0.05, 0) is 37.6 Å². The Bertz CT molecular complexity index is 799. The average molecular weight is 354 g/mol. The monoisotopic (exact) mass is 354 g/mol. The van der Waals surface area contributed by atoms with E-state index in [1.807, 2.05) is 26.0 Å². The number of rotatable bonds is 3. The highest BCUT2D eigenvalue weighted by Gasteiger charge is 2.14. The van der Waals surface area contributed by atoms with Gasteiger partial charge in [0.25, 0.3) is 11.8 Å². The molecule has 0 spiro atoms. The fourth-order valence-electron chi connectivity index (χ4n) is 2.82. The van der Waals surface area contributed by atoms with Crippen molar-refractivity contribution in [3.63, 3.8) is 0 Å². The second-order valence-electron chi connectivity index (χ2n) is 6.23. The standard InChI is InChI=1S/C19H22N4O3/c1-13-3-5-16(14(2)11-13)19(25)22-21-18(24)15-4-6-17(20-12-15)23-7-9-26-10-8-23/h3-6,11-12H,7-10H2,1-2H3,(H,21,24)(H,22,25). The summed E-state index contributed by atoms with van der Waals surface area (Å²) in [6, 6.07) is 9.01. The van der Waals surface area contributed by atoms with E-state index in [2.05, 4.69) is 20.7 Å². The van der Waals surface area contributed by atoms with Crippen LogP contribution in [0.3, 0.4) is 0 Å². The molecule has 0 bridgehead atoms. The lowest BCUT2D eigenvalue weighted by Gasteiger charge is -2.27. The van der Waals surface area contributed by atoms with Crippen LogP contribution in [0.2, 0.25) is 0 Å². The van der Waals surface area contributed by atoms with Crippen LogP contribution in [0.25, 0.3) is 0 Å². The number of carbonyl (C=O) groups excluding carboxylic acids is 2. The molecule has 7 heteroatoms. The Morgan fingerprint density at radius 1 is 1.04 bits per heavy atom. The zero-order chi connectivity index (χ0) is 18.5. The number of nitrogens with one attached hydrogen (secondary N) is 2. The smallest absolute Gasteiger partial charge is 0.271 e. The maximum Gasteiger partial charge on any atom is 0.271 e. The second-order valence-corrected chi connectivity index (χ2v) is 6.23. The van der Waals surface area contributed by atoms with Crippen LogP contribution in [0, 0.1) is 13.8 Å². The van der Waals surface area contributed by atoms with Gasteiger partial charge in [0, 0.05) is 24.8 Å². The number of carbonyl (C=O) groups is 2. The van der Waals surface area contributed by atoms with Gasteiger partial charge < -0.3 is 9.64 Å². The van der Waals surface area contributed by atoms with Crippen LogP contribution in [0.1, 0.15) is 31.8 Å². The molecule has 0 saturated carbocycles. The Balaban J connectivity index is 1.58. The van der Waals surface area contributed by atoms with Crippen LogP contribution in [0.4, 0.5) is 5.82 Å². The lowest BCUT2D eigenvalue weighted by molar-refractivity contribution is 0.0846. The zero-order valence-electron chi connectivity index (χ0n) is 14.9. The first-order valence-corrected chi connectivity index (χ1v) is 8.51. The van der Waals surface area contributed by atoms with Gasteiger partial charge >= 0.3 is 0 Å². The van der Waals surface area contributed by atoms with Crippen molar-refractivity contribution in [3.8, 4) is 0 Å². The SMILES string of the molecule is Cc1ccc(C(=O)NNC(=O)c2ccc(N3CCOCC3)nc2)c(C)c1. The highest BCUT2D eigenvalue weighted by Crippen LogP contribution is 2.13. The van der Waals surface area contributed by atoms with E-state index in [0.29, 0.717) is 24.3 Å². The van der Waals surface area contributed by atoms with Crippen LogP contribution in [-0.4, -0.2) is 43.1 Å². The van der Waals surface area contributed by atoms with E-state index in [9.17, 15) is 9.59 Å². The predicted octanol–water partition coefficient (Wildman–Crippen LogP) is 1.61. The highest BCUT2D eigenvalue weighted by molar-refractivity contribution is 5.99. The number of anilines is 1. The van der Waals surface area contributed by atoms with E-state index in [-0.39, 0.29) is 5.91 Å². The Labute approximate surface area is 152 Å². The van der Waals surface area contributed by atoms with Gasteiger partial charge in [-0.1, -0.05) is 17.7 Å². The summed E-state index contributed by atoms with van der Waals surface area (Å²) in [5, 5.41) is 0. The molecule has 1 aliphatic heterocycles. The molecule has 1 aromatic carbocycles. The fourth-order valence-corrected chi connectivity index (χ4v) is 2.82. The summed E-state index contributed by atoms with van der Waals surface area (Å²) in [6.07, 6.45) is 1.50. The second kappa shape index (κ2) is 7.97. The number of aromatic nitrogens is 1. The number of nitrogens with zero attached hydrogens (tertiary/aromatic N) is 2. The van der Waals surface area contributed by atoms with Crippen molar-refractivity contribution >= 4 is 17.6 Å². The number of aryl methyl sites for hydroxylation is 2. The molecule has 2 N–H and O–H groups in total. The minimum Gasteiger partial charge on any atom is -0.378 e. The molecular formula is C19H22N4O3. The van der Waals surface area contributed by atoms with Gasteiger partial charge in [-0.3, -0.25) is 20.4 Å². The minimum absolute atomic E-state index is 0.353. The fraction of sp³-hybridized carbons (Fsp3) is 0.316. The van der Waals surface area contributed by atoms with Crippen LogP contribution >= 0.6 is 0 Å². The van der Waals surface area contributed by atoms with E-state index >= 15 is 0 Å². The summed E-state index contributed by atoms with van der Waals surface area (Å²) >= 11 is 0. The Morgan fingerprint density at radius 2 is 1.77 bits per heavy atom. The molecule has 1 saturated heterocycles. The van der Waals surface area contributed by atoms with Gasteiger partial charge in [-0.2, -0.15) is 0 Å². The molecule has 3 rings (SSSR count). The van der Waals surface area contributed by atoms with Crippen molar-refractivity contribution in [2.45, 2.75) is 13.8 Å². The van der Waals surface area contributed by atoms with Crippen molar-refractivity contribution in [1.29, 1.82) is 0 Å². The topological polar surface area (TPSA) is 83.6 Å². The number of ether oxygens (including phenoxy) is 1. The number of morpholine rings is 1. The van der Waals surface area contributed by atoms with Crippen LogP contribution < -0.4 is 15.8 Å². The lowest BCUT2D eigenvalue weighted by Crippen LogP contribution is -2.42. The molecule has 1 aromatic heterocycles. The van der Waals surface area contributed by atoms with Crippen molar-refractivity contribution in [2.24, 2.45) is 0 Å². The van der Waals surface area contributed by atoms with Crippen LogP contribution in [-0.2, 0) is 4.74 Å². The van der Waals surface area contributed by atoms with Crippen LogP contribution in [0.15, 0.2) is 36.5 Å². The Morgan fingerprint density at radius 3 is 2.42 bits per heavy atom. The predicted molar refractivity (Wildman–Crippen MR) is 98.1 cm³/mol. The molecule has 0 aliphatic carbocycles. The van der Waals surface area contributed by atoms with E-state index in [4.69, 9.17) is 4.74 Å². The number of benzene rings is 1. The number of amides is 2. The third-order valence-corrected chi connectivity index (χ3v) is 4.26. The molecule has 0 atom stereocenters. The number of hydrogen-bond donors (Lipinski definition) is 2. The van der Waals surface area contributed by atoms with Gasteiger partial charge in [0.15, 0.2) is 0 Å². The third kappa shape index (κ3) is 4.18. The molecule has 0 radical (unpaired) electrons. The molecule has 7 nitrogen and oxygen atoms in total. The maximum atomic E-state index is 12.2. The quantitative estimate of drug-likeness (QED) is 0.818. The molecule has 0 unspecified atom stereocenters. The number of pyridine rings is 1. The molecule has 2 amide bonds. The number of hydrogen-bond acceptors (Lipinski definition) is 5. The Kier molecular flexibility index (Phi) is 5.48. The van der Waals surface area contributed by atoms with E-state index in [0.717, 1.165) is 30.0 Å². The van der Waals surface area contributed by atoms with Gasteiger partial charge in [0.2, 0.25) is 0 Å². The summed E-state index contributed by atoms with van der Waals surface area (Å²) in [4.78, 5) is 30.9. The summed E-state index contributed by atoms with van der Waals surface area (Å²) in [5.74, 6) is 0.0436. The summed E-state index contributed by atoms with van der Waals surface area (Å²) in [7, 11) is 0. The molecule has 2 heterocycles. The minimum atomic E-state index is -0.413. The van der Waals surface area contributed by atoms with E-state index in [1.165, 1.54) is 6.20 Å². The number of hydrazine groups is 1. The normalized spacial score (nSPS) is 14.0. The van der Waals surface area contributed by atoms with Gasteiger partial charge in [-0.25, -0.2) is 4.98 Å². The maximum absolute atomic E-state index is 12.2. The first-order valence-electron chi connectivity index (χ1n) is 8.51. The van der Waals surface area contributed by atoms with Crippen molar-refractivity contribution in [2.75, 3.05) is 31.2 Å². The summed E-state index contributed by atoms with van der Waals surface area (Å²) in [6.45, 7) is 6.74. The molecule has 26 heavy (non-hydrogen) atoms. The molecule has 1 fully saturated rings. The van der Waals surface area contributed by atoms with Gasteiger partial charge in [0.05, 0.1) is 18.8 Å². The Hall–Kier alpha value is -2.93. The summed E-state index contributed by atoms with van der Waals surface area (Å²) in [5.41, 5.74) is 7.70. The molecular weight excluding hydrogens is 332 g/mol. The van der Waals surface area contributed by atoms with E-state index in [1.54, 1.807) is 18.2 Å². The van der Waals surface area contributed by atoms with Crippen molar-refractivity contribution in [1.82, 2.24) is 15.8 Å². The van der Waals surface area contributed by atoms with Gasteiger partial charge in [-0.15, -0.1) is 0 Å². The molecule has 136 valence electrons. The highest BCUT2D eigenvalue weighted by atomic mass is 16.5. The van der Waals surface area contributed by atoms with E-state index < -0.39 is 5.91 Å². The third-order valence-electron chi connectivity index (χ3n) is 4.26. The van der Waals surface area contributed by atoms with Crippen molar-refractivity contribution < 1.29 is 14.3 Å². The molecule has 2 aromatic rings. The first kappa shape index (κ1) is 17.9. The van der Waals surface area contributed by atoms with Crippen molar-refractivity contribution in [3.05, 3.63) is 58.8 Å². The largest absolute Gasteiger partial charge is 0.378 e.